The minimum absolute atomic E-state index is 0.399. The van der Waals surface area contributed by atoms with E-state index >= 15 is 0 Å². The zero-order chi connectivity index (χ0) is 13.7. The Labute approximate surface area is 121 Å². The van der Waals surface area contributed by atoms with Gasteiger partial charge in [-0.05, 0) is 13.0 Å². The average molecular weight is 322 g/mol. The molecule has 5 heteroatoms. The van der Waals surface area contributed by atoms with Crippen molar-refractivity contribution in [1.29, 1.82) is 0 Å². The number of hydrogen-bond acceptors (Lipinski definition) is 4. The quantitative estimate of drug-likeness (QED) is 0.915. The number of methoxy groups -OCH3 is 1. The highest BCUT2D eigenvalue weighted by Crippen LogP contribution is 2.27. The largest absolute Gasteiger partial charge is 0.377 e. The van der Waals surface area contributed by atoms with Crippen molar-refractivity contribution in [2.24, 2.45) is 0 Å². The molecule has 0 bridgehead atoms. The van der Waals surface area contributed by atoms with Crippen molar-refractivity contribution >= 4 is 21.7 Å². The number of nitrogens with zero attached hydrogens (tertiary/aromatic N) is 2. The van der Waals surface area contributed by atoms with E-state index in [9.17, 15) is 0 Å². The van der Waals surface area contributed by atoms with E-state index in [0.29, 0.717) is 12.4 Å². The van der Waals surface area contributed by atoms with Crippen molar-refractivity contribution in [3.63, 3.8) is 0 Å². The summed E-state index contributed by atoms with van der Waals surface area (Å²) in [6, 6.07) is 9.95. The lowest BCUT2D eigenvalue weighted by Gasteiger charge is -2.09. The summed E-state index contributed by atoms with van der Waals surface area (Å²) in [6.07, 6.45) is 0. The van der Waals surface area contributed by atoms with Gasteiger partial charge in [0.25, 0.3) is 0 Å². The van der Waals surface area contributed by atoms with Crippen LogP contribution in [0, 0.1) is 0 Å². The number of aromatic nitrogens is 2. The highest BCUT2D eigenvalue weighted by atomic mass is 79.9. The molecule has 0 spiro atoms. The van der Waals surface area contributed by atoms with Crippen LogP contribution in [0.4, 0.5) is 5.82 Å². The minimum Gasteiger partial charge on any atom is -0.377 e. The van der Waals surface area contributed by atoms with Gasteiger partial charge >= 0.3 is 0 Å². The SMILES string of the molecule is CCNc1cc(-c2ccccc2Br)nc(COC)n1. The summed E-state index contributed by atoms with van der Waals surface area (Å²) in [5.41, 5.74) is 1.92. The number of anilines is 1. The van der Waals surface area contributed by atoms with E-state index in [4.69, 9.17) is 4.74 Å². The van der Waals surface area contributed by atoms with Gasteiger partial charge in [-0.3, -0.25) is 0 Å². The van der Waals surface area contributed by atoms with Gasteiger partial charge in [-0.15, -0.1) is 0 Å². The highest BCUT2D eigenvalue weighted by Gasteiger charge is 2.08. The maximum atomic E-state index is 5.12. The Balaban J connectivity index is 2.46. The highest BCUT2D eigenvalue weighted by molar-refractivity contribution is 9.10. The Morgan fingerprint density at radius 2 is 2.05 bits per heavy atom. The van der Waals surface area contributed by atoms with Crippen LogP contribution in [0.1, 0.15) is 12.7 Å². The summed E-state index contributed by atoms with van der Waals surface area (Å²) in [6.45, 7) is 3.26. The smallest absolute Gasteiger partial charge is 0.157 e. The molecule has 4 nitrogen and oxygen atoms in total. The summed E-state index contributed by atoms with van der Waals surface area (Å²) in [5, 5.41) is 3.21. The topological polar surface area (TPSA) is 47.0 Å². The Morgan fingerprint density at radius 3 is 2.74 bits per heavy atom. The first-order valence-electron chi connectivity index (χ1n) is 6.10. The van der Waals surface area contributed by atoms with Crippen LogP contribution in [0.5, 0.6) is 0 Å². The molecule has 100 valence electrons. The van der Waals surface area contributed by atoms with Gasteiger partial charge in [-0.25, -0.2) is 9.97 Å². The second-order valence-electron chi connectivity index (χ2n) is 4.00. The molecule has 0 saturated carbocycles. The molecule has 19 heavy (non-hydrogen) atoms. The monoisotopic (exact) mass is 321 g/mol. The lowest BCUT2D eigenvalue weighted by molar-refractivity contribution is 0.178. The summed E-state index contributed by atoms with van der Waals surface area (Å²) in [7, 11) is 1.64. The summed E-state index contributed by atoms with van der Waals surface area (Å²) < 4.78 is 6.13. The van der Waals surface area contributed by atoms with Gasteiger partial charge in [-0.2, -0.15) is 0 Å². The van der Waals surface area contributed by atoms with E-state index in [2.05, 4.69) is 31.2 Å². The minimum atomic E-state index is 0.399. The molecule has 0 aliphatic rings. The summed E-state index contributed by atoms with van der Waals surface area (Å²) in [4.78, 5) is 8.94. The van der Waals surface area contributed by atoms with Crippen LogP contribution >= 0.6 is 15.9 Å². The van der Waals surface area contributed by atoms with Crippen molar-refractivity contribution < 1.29 is 4.74 Å². The predicted molar refractivity (Wildman–Crippen MR) is 80.0 cm³/mol. The number of benzene rings is 1. The molecule has 0 unspecified atom stereocenters. The van der Waals surface area contributed by atoms with Crippen LogP contribution in [0.3, 0.4) is 0 Å². The second-order valence-corrected chi connectivity index (χ2v) is 4.85. The van der Waals surface area contributed by atoms with Crippen LogP contribution in [0.25, 0.3) is 11.3 Å². The van der Waals surface area contributed by atoms with Gasteiger partial charge in [0.2, 0.25) is 0 Å². The maximum Gasteiger partial charge on any atom is 0.157 e. The van der Waals surface area contributed by atoms with Gasteiger partial charge < -0.3 is 10.1 Å². The lowest BCUT2D eigenvalue weighted by atomic mass is 10.1. The molecular formula is C14H16BrN3O. The number of halogens is 1. The molecule has 0 radical (unpaired) electrons. The Bertz CT molecular complexity index is 536. The van der Waals surface area contributed by atoms with Crippen LogP contribution < -0.4 is 5.32 Å². The van der Waals surface area contributed by atoms with E-state index in [1.165, 1.54) is 0 Å². The second kappa shape index (κ2) is 6.63. The molecule has 0 atom stereocenters. The number of rotatable bonds is 5. The van der Waals surface area contributed by atoms with Gasteiger partial charge in [0.1, 0.15) is 12.4 Å². The Kier molecular flexibility index (Phi) is 4.87. The van der Waals surface area contributed by atoms with E-state index in [-0.39, 0.29) is 0 Å². The average Bonchev–Trinajstić information content (AvgIpc) is 2.40. The third kappa shape index (κ3) is 3.52. The van der Waals surface area contributed by atoms with Crippen molar-refractivity contribution in [3.05, 3.63) is 40.6 Å². The number of hydrogen-bond donors (Lipinski definition) is 1. The van der Waals surface area contributed by atoms with E-state index < -0.39 is 0 Å². The van der Waals surface area contributed by atoms with Crippen molar-refractivity contribution in [3.8, 4) is 11.3 Å². The lowest BCUT2D eigenvalue weighted by Crippen LogP contribution is -2.05. The molecule has 0 fully saturated rings. The van der Waals surface area contributed by atoms with E-state index in [0.717, 1.165) is 28.1 Å². The van der Waals surface area contributed by atoms with Crippen LogP contribution in [-0.4, -0.2) is 23.6 Å². The van der Waals surface area contributed by atoms with Gasteiger partial charge in [0.15, 0.2) is 5.82 Å². The molecule has 0 amide bonds. The number of ether oxygens (including phenoxy) is 1. The first-order chi connectivity index (χ1) is 9.24. The van der Waals surface area contributed by atoms with Crippen molar-refractivity contribution in [1.82, 2.24) is 9.97 Å². The molecule has 1 aromatic carbocycles. The summed E-state index contributed by atoms with van der Waals surface area (Å²) >= 11 is 3.55. The van der Waals surface area contributed by atoms with Gasteiger partial charge in [0, 0.05) is 29.8 Å². The fourth-order valence-corrected chi connectivity index (χ4v) is 2.26. The fraction of sp³-hybridized carbons (Fsp3) is 0.286. The third-order valence-electron chi connectivity index (χ3n) is 2.55. The van der Waals surface area contributed by atoms with Crippen LogP contribution in [0.15, 0.2) is 34.8 Å². The van der Waals surface area contributed by atoms with Crippen LogP contribution in [-0.2, 0) is 11.3 Å². The van der Waals surface area contributed by atoms with E-state index in [1.807, 2.05) is 37.3 Å². The molecule has 2 aromatic rings. The Hall–Kier alpha value is -1.46. The molecular weight excluding hydrogens is 306 g/mol. The maximum absolute atomic E-state index is 5.12. The molecule has 1 heterocycles. The first-order valence-corrected chi connectivity index (χ1v) is 6.89. The molecule has 2 rings (SSSR count). The van der Waals surface area contributed by atoms with Gasteiger partial charge in [0.05, 0.1) is 5.69 Å². The van der Waals surface area contributed by atoms with Gasteiger partial charge in [-0.1, -0.05) is 34.1 Å². The zero-order valence-corrected chi connectivity index (χ0v) is 12.6. The molecule has 1 N–H and O–H groups in total. The standard InChI is InChI=1S/C14H16BrN3O/c1-3-16-13-8-12(17-14(18-13)9-19-2)10-6-4-5-7-11(10)15/h4-8H,3,9H2,1-2H3,(H,16,17,18). The molecule has 0 aliphatic carbocycles. The Morgan fingerprint density at radius 1 is 1.26 bits per heavy atom. The van der Waals surface area contributed by atoms with Crippen LogP contribution in [0.2, 0.25) is 0 Å². The molecule has 0 aliphatic heterocycles. The predicted octanol–water partition coefficient (Wildman–Crippen LogP) is 3.48. The van der Waals surface area contributed by atoms with E-state index in [1.54, 1.807) is 7.11 Å². The summed E-state index contributed by atoms with van der Waals surface area (Å²) in [5.74, 6) is 1.49. The third-order valence-corrected chi connectivity index (χ3v) is 3.25. The zero-order valence-electron chi connectivity index (χ0n) is 11.0. The molecule has 1 aromatic heterocycles. The first kappa shape index (κ1) is 14.0. The normalized spacial score (nSPS) is 10.5. The van der Waals surface area contributed by atoms with Crippen molar-refractivity contribution in [2.75, 3.05) is 19.0 Å². The fourth-order valence-electron chi connectivity index (χ4n) is 1.77. The van der Waals surface area contributed by atoms with Crippen molar-refractivity contribution in [2.45, 2.75) is 13.5 Å². The number of nitrogens with one attached hydrogen (secondary N) is 1. The molecule has 0 saturated heterocycles.